The second-order valence-corrected chi connectivity index (χ2v) is 9.20. The van der Waals surface area contributed by atoms with Crippen molar-refractivity contribution in [3.63, 3.8) is 0 Å². The normalized spacial score (nSPS) is 14.6. The first kappa shape index (κ1) is 25.3. The van der Waals surface area contributed by atoms with Crippen molar-refractivity contribution in [3.05, 3.63) is 84.4 Å². The molecule has 5 rings (SSSR count). The van der Waals surface area contributed by atoms with Gasteiger partial charge in [0.25, 0.3) is 0 Å². The van der Waals surface area contributed by atoms with Crippen LogP contribution in [0.5, 0.6) is 5.75 Å². The van der Waals surface area contributed by atoms with Gasteiger partial charge in [-0.15, -0.1) is 0 Å². The van der Waals surface area contributed by atoms with Gasteiger partial charge < -0.3 is 25.6 Å². The molecule has 194 valence electrons. The molecular weight excluding hydrogens is 482 g/mol. The Morgan fingerprint density at radius 1 is 0.974 bits per heavy atom. The van der Waals surface area contributed by atoms with E-state index in [1.54, 1.807) is 38.0 Å². The number of nitrogens with zero attached hydrogens (tertiary/aromatic N) is 3. The molecule has 1 aromatic carbocycles. The smallest absolute Gasteiger partial charge is 0.236 e. The van der Waals surface area contributed by atoms with Crippen LogP contribution in [0.1, 0.15) is 24.0 Å². The van der Waals surface area contributed by atoms with Crippen LogP contribution >= 0.6 is 0 Å². The molecule has 1 aliphatic rings. The molecule has 0 unspecified atom stereocenters. The van der Waals surface area contributed by atoms with E-state index in [0.29, 0.717) is 49.0 Å². The van der Waals surface area contributed by atoms with Crippen LogP contribution in [-0.4, -0.2) is 46.3 Å². The molecule has 38 heavy (non-hydrogen) atoms. The maximum atomic E-state index is 13.7. The summed E-state index contributed by atoms with van der Waals surface area (Å²) >= 11 is 0. The number of aliphatic hydroxyl groups excluding tert-OH is 1. The molecule has 1 amide bonds. The molecule has 1 fully saturated rings. The Bertz CT molecular complexity index is 1420. The fraction of sp³-hybridized carbons (Fsp3) is 0.241. The van der Waals surface area contributed by atoms with E-state index in [0.717, 1.165) is 27.8 Å². The number of amides is 1. The number of nitrogens with two attached hydrogens (primary N) is 1. The number of pyridine rings is 3. The lowest BCUT2D eigenvalue weighted by Crippen LogP contribution is -2.45. The number of nitrogens with one attached hydrogen (secondary N) is 1. The van der Waals surface area contributed by atoms with Crippen LogP contribution < -0.4 is 15.8 Å². The Balaban J connectivity index is 1.38. The molecule has 0 atom stereocenters. The third-order valence-corrected chi connectivity index (χ3v) is 7.01. The Morgan fingerprint density at radius 3 is 2.37 bits per heavy atom. The molecule has 9 heteroatoms. The number of anilines is 2. The zero-order chi connectivity index (χ0) is 26.5. The number of rotatable bonds is 7. The average Bonchev–Trinajstić information content (AvgIpc) is 2.98. The van der Waals surface area contributed by atoms with E-state index in [2.05, 4.69) is 20.3 Å². The lowest BCUT2D eigenvalue weighted by Gasteiger charge is -2.36. The second-order valence-electron chi connectivity index (χ2n) is 9.20. The van der Waals surface area contributed by atoms with Crippen LogP contribution in [0.2, 0.25) is 0 Å². The standard InChI is InChI=1S/C29H29N5O4/c1-37-25-13-22(14-31-17-25)20-4-7-26(32-15-20)34-28(36)29(8-10-38-11-9-29)24-5-2-19(3-6-24)21-12-23(18-35)27(30)33-16-21/h2-7,12-17,35H,8-11,18H2,1H3,(H2,30,33)(H,32,34,36). The predicted octanol–water partition coefficient (Wildman–Crippen LogP) is 3.98. The topological polar surface area (TPSA) is 132 Å². The Kier molecular flexibility index (Phi) is 7.30. The number of hydrogen-bond donors (Lipinski definition) is 3. The highest BCUT2D eigenvalue weighted by Crippen LogP contribution is 2.37. The van der Waals surface area contributed by atoms with Crippen molar-refractivity contribution in [3.8, 4) is 28.0 Å². The Hall–Kier alpha value is -4.34. The van der Waals surface area contributed by atoms with Gasteiger partial charge in [0.15, 0.2) is 0 Å². The third kappa shape index (κ3) is 5.06. The molecule has 0 spiro atoms. The Labute approximate surface area is 220 Å². The maximum Gasteiger partial charge on any atom is 0.236 e. The van der Waals surface area contributed by atoms with Gasteiger partial charge in [-0.2, -0.15) is 0 Å². The van der Waals surface area contributed by atoms with E-state index in [-0.39, 0.29) is 12.5 Å². The summed E-state index contributed by atoms with van der Waals surface area (Å²) in [6.07, 6.45) is 7.89. The van der Waals surface area contributed by atoms with Crippen molar-refractivity contribution >= 4 is 17.5 Å². The molecule has 4 heterocycles. The zero-order valence-electron chi connectivity index (χ0n) is 21.1. The van der Waals surface area contributed by atoms with Gasteiger partial charge in [-0.1, -0.05) is 24.3 Å². The SMILES string of the molecule is COc1cncc(-c2ccc(NC(=O)C3(c4ccc(-c5cnc(N)c(CO)c5)cc4)CCOCC3)nc2)c1. The molecule has 9 nitrogen and oxygen atoms in total. The van der Waals surface area contributed by atoms with E-state index in [1.165, 1.54) is 0 Å². The van der Waals surface area contributed by atoms with Crippen molar-refractivity contribution in [2.75, 3.05) is 31.4 Å². The Morgan fingerprint density at radius 2 is 1.68 bits per heavy atom. The van der Waals surface area contributed by atoms with Crippen LogP contribution in [0.15, 0.2) is 73.3 Å². The molecule has 0 aliphatic carbocycles. The van der Waals surface area contributed by atoms with Crippen LogP contribution in [0.4, 0.5) is 11.6 Å². The van der Waals surface area contributed by atoms with E-state index in [4.69, 9.17) is 15.2 Å². The monoisotopic (exact) mass is 511 g/mol. The minimum Gasteiger partial charge on any atom is -0.495 e. The second kappa shape index (κ2) is 11.0. The molecule has 1 saturated heterocycles. The predicted molar refractivity (Wildman–Crippen MR) is 144 cm³/mol. The lowest BCUT2D eigenvalue weighted by molar-refractivity contribution is -0.125. The first-order valence-corrected chi connectivity index (χ1v) is 12.3. The lowest BCUT2D eigenvalue weighted by atomic mass is 9.73. The van der Waals surface area contributed by atoms with Crippen molar-refractivity contribution in [1.82, 2.24) is 15.0 Å². The highest BCUT2D eigenvalue weighted by atomic mass is 16.5. The highest BCUT2D eigenvalue weighted by molar-refractivity contribution is 5.99. The minimum atomic E-state index is -0.747. The molecule has 0 bridgehead atoms. The van der Waals surface area contributed by atoms with Crippen LogP contribution in [0.25, 0.3) is 22.3 Å². The maximum absolute atomic E-state index is 13.7. The fourth-order valence-corrected chi connectivity index (χ4v) is 4.72. The quantitative estimate of drug-likeness (QED) is 0.339. The minimum absolute atomic E-state index is 0.117. The first-order chi connectivity index (χ1) is 18.5. The number of hydrogen-bond acceptors (Lipinski definition) is 8. The number of aliphatic hydroxyl groups is 1. The summed E-state index contributed by atoms with van der Waals surface area (Å²) in [6, 6.07) is 15.3. The van der Waals surface area contributed by atoms with E-state index in [9.17, 15) is 9.90 Å². The van der Waals surface area contributed by atoms with E-state index >= 15 is 0 Å². The van der Waals surface area contributed by atoms with E-state index < -0.39 is 5.41 Å². The van der Waals surface area contributed by atoms with Crippen LogP contribution in [-0.2, 0) is 21.6 Å². The van der Waals surface area contributed by atoms with E-state index in [1.807, 2.05) is 42.5 Å². The van der Waals surface area contributed by atoms with Crippen molar-refractivity contribution < 1.29 is 19.4 Å². The summed E-state index contributed by atoms with van der Waals surface area (Å²) in [4.78, 5) is 26.6. The summed E-state index contributed by atoms with van der Waals surface area (Å²) in [6.45, 7) is 0.803. The van der Waals surface area contributed by atoms with Crippen molar-refractivity contribution in [2.24, 2.45) is 0 Å². The van der Waals surface area contributed by atoms with Crippen molar-refractivity contribution in [2.45, 2.75) is 24.9 Å². The van der Waals surface area contributed by atoms with Gasteiger partial charge in [-0.25, -0.2) is 9.97 Å². The summed E-state index contributed by atoms with van der Waals surface area (Å²) in [5, 5.41) is 12.5. The molecule has 4 N–H and O–H groups in total. The zero-order valence-corrected chi connectivity index (χ0v) is 21.1. The number of ether oxygens (including phenoxy) is 2. The molecule has 0 radical (unpaired) electrons. The van der Waals surface area contributed by atoms with Gasteiger partial charge in [0.05, 0.1) is 25.3 Å². The highest BCUT2D eigenvalue weighted by Gasteiger charge is 2.42. The van der Waals surface area contributed by atoms with Crippen molar-refractivity contribution in [1.29, 1.82) is 0 Å². The molecular formula is C29H29N5O4. The molecule has 3 aromatic heterocycles. The number of carbonyl (C=O) groups is 1. The molecule has 4 aromatic rings. The van der Waals surface area contributed by atoms with Gasteiger partial charge in [0.1, 0.15) is 17.4 Å². The van der Waals surface area contributed by atoms with Gasteiger partial charge in [-0.05, 0) is 48.2 Å². The summed E-state index contributed by atoms with van der Waals surface area (Å²) in [7, 11) is 1.60. The van der Waals surface area contributed by atoms with Crippen LogP contribution in [0.3, 0.4) is 0 Å². The first-order valence-electron chi connectivity index (χ1n) is 12.3. The van der Waals surface area contributed by atoms with Gasteiger partial charge >= 0.3 is 0 Å². The summed E-state index contributed by atoms with van der Waals surface area (Å²) in [5.41, 5.74) is 10.1. The summed E-state index contributed by atoms with van der Waals surface area (Å²) < 4.78 is 10.9. The number of aromatic nitrogens is 3. The third-order valence-electron chi connectivity index (χ3n) is 7.01. The van der Waals surface area contributed by atoms with Gasteiger partial charge in [-0.3, -0.25) is 9.78 Å². The summed E-state index contributed by atoms with van der Waals surface area (Å²) in [5.74, 6) is 1.33. The van der Waals surface area contributed by atoms with Crippen LogP contribution in [0, 0.1) is 0 Å². The number of nitrogen functional groups attached to an aromatic ring is 1. The van der Waals surface area contributed by atoms with Gasteiger partial charge in [0.2, 0.25) is 5.91 Å². The largest absolute Gasteiger partial charge is 0.495 e. The molecule has 0 saturated carbocycles. The number of carbonyl (C=O) groups excluding carboxylic acids is 1. The average molecular weight is 512 g/mol. The van der Waals surface area contributed by atoms with Gasteiger partial charge in [0, 0.05) is 54.1 Å². The molecule has 1 aliphatic heterocycles. The number of methoxy groups -OCH3 is 1. The number of benzene rings is 1. The fourth-order valence-electron chi connectivity index (χ4n) is 4.72.